The summed E-state index contributed by atoms with van der Waals surface area (Å²) in [6, 6.07) is 8.37. The van der Waals surface area contributed by atoms with Gasteiger partial charge >= 0.3 is 5.97 Å². The van der Waals surface area contributed by atoms with Gasteiger partial charge in [-0.1, -0.05) is 25.1 Å². The normalized spacial score (nSPS) is 18.5. The summed E-state index contributed by atoms with van der Waals surface area (Å²) in [5, 5.41) is 11.5. The molecule has 6 nitrogen and oxygen atoms in total. The lowest BCUT2D eigenvalue weighted by Crippen LogP contribution is -2.48. The first kappa shape index (κ1) is 17.3. The molecule has 2 rings (SSSR count). The van der Waals surface area contributed by atoms with Crippen molar-refractivity contribution < 1.29 is 19.5 Å². The number of amides is 2. The van der Waals surface area contributed by atoms with Gasteiger partial charge in [-0.3, -0.25) is 14.4 Å². The summed E-state index contributed by atoms with van der Waals surface area (Å²) in [5.41, 5.74) is 0.562. The molecule has 2 N–H and O–H groups in total. The van der Waals surface area contributed by atoms with Gasteiger partial charge < -0.3 is 15.3 Å². The maximum Gasteiger partial charge on any atom is 0.303 e. The molecule has 1 aromatic carbocycles. The van der Waals surface area contributed by atoms with E-state index in [1.807, 2.05) is 6.07 Å². The van der Waals surface area contributed by atoms with E-state index in [2.05, 4.69) is 5.32 Å². The topological polar surface area (TPSA) is 86.7 Å². The van der Waals surface area contributed by atoms with E-state index in [4.69, 9.17) is 5.11 Å². The Morgan fingerprint density at radius 2 is 2.04 bits per heavy atom. The molecule has 0 saturated carbocycles. The van der Waals surface area contributed by atoms with Gasteiger partial charge in [0.1, 0.15) is 6.04 Å². The average Bonchev–Trinajstić information content (AvgIpc) is 3.01. The molecule has 1 aliphatic heterocycles. The first-order valence-electron chi connectivity index (χ1n) is 7.42. The molecule has 0 radical (unpaired) electrons. The Morgan fingerprint density at radius 1 is 1.35 bits per heavy atom. The minimum atomic E-state index is -0.885. The summed E-state index contributed by atoms with van der Waals surface area (Å²) < 4.78 is 0. The van der Waals surface area contributed by atoms with Crippen LogP contribution in [0.2, 0.25) is 0 Å². The molecular formula is C16H20N2O4S. The first-order chi connectivity index (χ1) is 11.0. The third kappa shape index (κ3) is 4.72. The summed E-state index contributed by atoms with van der Waals surface area (Å²) >= 11 is 1.54. The van der Waals surface area contributed by atoms with Gasteiger partial charge in [-0.05, 0) is 18.1 Å². The number of hydrogen-bond acceptors (Lipinski definition) is 4. The molecule has 0 bridgehead atoms. The van der Waals surface area contributed by atoms with Gasteiger partial charge in [-0.2, -0.15) is 0 Å². The molecule has 0 aliphatic carbocycles. The van der Waals surface area contributed by atoms with Gasteiger partial charge in [0.25, 0.3) is 5.91 Å². The molecule has 23 heavy (non-hydrogen) atoms. The van der Waals surface area contributed by atoms with Crippen molar-refractivity contribution in [2.24, 2.45) is 5.92 Å². The number of benzene rings is 1. The first-order valence-corrected chi connectivity index (χ1v) is 8.57. The van der Waals surface area contributed by atoms with E-state index in [1.165, 1.54) is 11.8 Å². The monoisotopic (exact) mass is 336 g/mol. The van der Waals surface area contributed by atoms with Crippen molar-refractivity contribution in [1.29, 1.82) is 0 Å². The molecule has 0 spiro atoms. The number of carbonyl (C=O) groups is 3. The van der Waals surface area contributed by atoms with Gasteiger partial charge in [0, 0.05) is 24.3 Å². The minimum Gasteiger partial charge on any atom is -0.481 e. The van der Waals surface area contributed by atoms with E-state index in [-0.39, 0.29) is 24.2 Å². The van der Waals surface area contributed by atoms with Crippen molar-refractivity contribution >= 4 is 29.5 Å². The Balaban J connectivity index is 1.94. The van der Waals surface area contributed by atoms with E-state index < -0.39 is 12.0 Å². The molecule has 124 valence electrons. The highest BCUT2D eigenvalue weighted by Crippen LogP contribution is 2.23. The molecule has 7 heteroatoms. The van der Waals surface area contributed by atoms with Crippen LogP contribution in [0.15, 0.2) is 30.3 Å². The molecule has 2 amide bonds. The molecule has 2 atom stereocenters. The molecule has 0 aromatic heterocycles. The van der Waals surface area contributed by atoms with Crippen LogP contribution in [0.25, 0.3) is 0 Å². The largest absolute Gasteiger partial charge is 0.481 e. The van der Waals surface area contributed by atoms with Crippen molar-refractivity contribution in [3.63, 3.8) is 0 Å². The van der Waals surface area contributed by atoms with Crippen LogP contribution < -0.4 is 5.32 Å². The fraction of sp³-hybridized carbons (Fsp3) is 0.438. The molecule has 1 saturated heterocycles. The van der Waals surface area contributed by atoms with Crippen LogP contribution in [-0.2, 0) is 9.59 Å². The second-order valence-corrected chi connectivity index (χ2v) is 6.60. The predicted octanol–water partition coefficient (Wildman–Crippen LogP) is 1.43. The van der Waals surface area contributed by atoms with Crippen LogP contribution in [0, 0.1) is 5.92 Å². The number of carbonyl (C=O) groups excluding carboxylic acids is 2. The highest BCUT2D eigenvalue weighted by atomic mass is 32.2. The van der Waals surface area contributed by atoms with Crippen molar-refractivity contribution in [3.05, 3.63) is 35.9 Å². The number of nitrogens with zero attached hydrogens (tertiary/aromatic N) is 1. The number of rotatable bonds is 6. The number of nitrogens with one attached hydrogen (secondary N) is 1. The van der Waals surface area contributed by atoms with Crippen molar-refractivity contribution in [2.75, 3.05) is 18.2 Å². The van der Waals surface area contributed by atoms with Gasteiger partial charge in [-0.25, -0.2) is 0 Å². The summed E-state index contributed by atoms with van der Waals surface area (Å²) in [6.45, 7) is 2.06. The van der Waals surface area contributed by atoms with E-state index in [9.17, 15) is 14.4 Å². The van der Waals surface area contributed by atoms with Crippen LogP contribution in [0.1, 0.15) is 23.7 Å². The zero-order chi connectivity index (χ0) is 16.8. The quantitative estimate of drug-likeness (QED) is 0.821. The van der Waals surface area contributed by atoms with Gasteiger partial charge in [0.15, 0.2) is 0 Å². The summed E-state index contributed by atoms with van der Waals surface area (Å²) in [6.07, 6.45) is 0.00631. The lowest BCUT2D eigenvalue weighted by molar-refractivity contribution is -0.138. The Hall–Kier alpha value is -2.02. The second kappa shape index (κ2) is 8.01. The fourth-order valence-corrected chi connectivity index (χ4v) is 3.52. The summed E-state index contributed by atoms with van der Waals surface area (Å²) in [7, 11) is 0. The fourth-order valence-electron chi connectivity index (χ4n) is 2.37. The predicted molar refractivity (Wildman–Crippen MR) is 88.2 cm³/mol. The van der Waals surface area contributed by atoms with Gasteiger partial charge in [0.05, 0.1) is 5.88 Å². The highest BCUT2D eigenvalue weighted by molar-refractivity contribution is 7.99. The molecule has 2 unspecified atom stereocenters. The number of carboxylic acids is 1. The number of thioether (sulfide) groups is 1. The van der Waals surface area contributed by atoms with Crippen LogP contribution in [0.3, 0.4) is 0 Å². The smallest absolute Gasteiger partial charge is 0.303 e. The molecular weight excluding hydrogens is 316 g/mol. The molecule has 1 aliphatic rings. The van der Waals surface area contributed by atoms with E-state index in [0.29, 0.717) is 23.7 Å². The van der Waals surface area contributed by atoms with E-state index in [1.54, 1.807) is 36.1 Å². The zero-order valence-electron chi connectivity index (χ0n) is 12.9. The van der Waals surface area contributed by atoms with Crippen LogP contribution >= 0.6 is 11.8 Å². The zero-order valence-corrected chi connectivity index (χ0v) is 13.7. The average molecular weight is 336 g/mol. The van der Waals surface area contributed by atoms with Crippen LogP contribution in [-0.4, -0.2) is 52.0 Å². The number of hydrogen-bond donors (Lipinski definition) is 2. The second-order valence-electron chi connectivity index (χ2n) is 5.60. The van der Waals surface area contributed by atoms with Crippen molar-refractivity contribution in [1.82, 2.24) is 10.2 Å². The summed E-state index contributed by atoms with van der Waals surface area (Å²) in [4.78, 5) is 37.0. The third-order valence-corrected chi connectivity index (χ3v) is 4.63. The van der Waals surface area contributed by atoms with Crippen LogP contribution in [0.5, 0.6) is 0 Å². The van der Waals surface area contributed by atoms with Crippen molar-refractivity contribution in [2.45, 2.75) is 19.4 Å². The number of aliphatic carboxylic acids is 1. The lowest BCUT2D eigenvalue weighted by Gasteiger charge is -2.23. The Labute approximate surface area is 139 Å². The number of carboxylic acid groups (broad SMARTS) is 1. The highest BCUT2D eigenvalue weighted by Gasteiger charge is 2.35. The maximum atomic E-state index is 12.5. The maximum absolute atomic E-state index is 12.5. The Morgan fingerprint density at radius 3 is 2.70 bits per heavy atom. The Bertz CT molecular complexity index is 579. The molecule has 1 heterocycles. The lowest BCUT2D eigenvalue weighted by atomic mass is 10.1. The standard InChI is InChI=1S/C16H20N2O4S/c1-11(7-14(19)20)8-17-15(21)13-9-23-10-18(13)16(22)12-5-3-2-4-6-12/h2-6,11,13H,7-10H2,1H3,(H,17,21)(H,19,20). The molecule has 1 fully saturated rings. The van der Waals surface area contributed by atoms with Gasteiger partial charge in [-0.15, -0.1) is 11.8 Å². The van der Waals surface area contributed by atoms with E-state index >= 15 is 0 Å². The van der Waals surface area contributed by atoms with E-state index in [0.717, 1.165) is 0 Å². The summed E-state index contributed by atoms with van der Waals surface area (Å²) in [5.74, 6) is -0.382. The minimum absolute atomic E-state index is 0.00631. The SMILES string of the molecule is CC(CNC(=O)C1CSCN1C(=O)c1ccccc1)CC(=O)O. The Kier molecular flexibility index (Phi) is 6.04. The third-order valence-electron chi connectivity index (χ3n) is 3.61. The molecule has 1 aromatic rings. The van der Waals surface area contributed by atoms with Gasteiger partial charge in [0.2, 0.25) is 5.91 Å². The van der Waals surface area contributed by atoms with Crippen LogP contribution in [0.4, 0.5) is 0 Å². The van der Waals surface area contributed by atoms with Crippen molar-refractivity contribution in [3.8, 4) is 0 Å².